The molecule has 6 nitrogen and oxygen atoms in total. The van der Waals surface area contributed by atoms with Crippen molar-refractivity contribution in [1.29, 1.82) is 5.26 Å². The van der Waals surface area contributed by atoms with Crippen LogP contribution in [0.4, 0.5) is 11.4 Å². The maximum Gasteiger partial charge on any atom is 0.189 e. The predicted octanol–water partition coefficient (Wildman–Crippen LogP) is 13.6. The molecule has 0 aliphatic heterocycles. The molecule has 6 heteroatoms. The van der Waals surface area contributed by atoms with Crippen LogP contribution in [0, 0.1) is 24.5 Å². The summed E-state index contributed by atoms with van der Waals surface area (Å²) >= 11 is 0. The van der Waals surface area contributed by atoms with Gasteiger partial charge in [0, 0.05) is 44.0 Å². The molecule has 0 fully saturated rings. The monoisotopic (exact) mass is 724 g/mol. The van der Waals surface area contributed by atoms with Crippen molar-refractivity contribution < 1.29 is 0 Å². The number of hydrogen-bond donors (Lipinski definition) is 0. The molecule has 0 saturated carbocycles. The number of hydrogen-bond acceptors (Lipinski definition) is 1. The first-order valence-corrected chi connectivity index (χ1v) is 18.6. The molecule has 0 unspecified atom stereocenters. The third kappa shape index (κ3) is 4.81. The zero-order chi connectivity index (χ0) is 38.2. The lowest BCUT2D eigenvalue weighted by Crippen LogP contribution is -1.97. The highest BCUT2D eigenvalue weighted by Crippen LogP contribution is 2.40. The lowest BCUT2D eigenvalue weighted by Gasteiger charge is -2.13. The van der Waals surface area contributed by atoms with Crippen molar-refractivity contribution in [2.24, 2.45) is 0 Å². The highest BCUT2D eigenvalue weighted by molar-refractivity contribution is 6.13. The Morgan fingerprint density at radius 3 is 1.53 bits per heavy atom. The molecule has 0 saturated heterocycles. The first kappa shape index (κ1) is 32.1. The average molecular weight is 725 g/mol. The van der Waals surface area contributed by atoms with Crippen molar-refractivity contribution in [2.45, 2.75) is 0 Å². The molecular formula is C51H28N6. The van der Waals surface area contributed by atoms with Gasteiger partial charge < -0.3 is 13.7 Å². The second-order valence-corrected chi connectivity index (χ2v) is 14.3. The standard InChI is InChI=1S/C51H28N6/c1-53-35-18-24-50-45(29-35)44-25-32(31-52)15-23-49(44)57(50)39-27-34(26-36(28-39)54-2)33-16-19-37(20-17-33)55-46-12-6-5-11-42(46)43-22-21-38(30-51(43)55)56-47-13-7-3-9-40(47)41-10-4-8-14-48(41)56/h3-30H. The maximum atomic E-state index is 9.69. The number of nitrogens with zero attached hydrogens (tertiary/aromatic N) is 6. The summed E-state index contributed by atoms with van der Waals surface area (Å²) in [5.74, 6) is 0. The highest BCUT2D eigenvalue weighted by Gasteiger charge is 2.18. The SMILES string of the molecule is [C-]#[N+]c1cc(-c2ccc(-n3c4ccccc4c4ccc(-n5c6ccccc6c6ccccc65)cc43)cc2)cc(-n2c3ccc(C#N)cc3c3cc([N+]#[C-])ccc32)c1. The summed E-state index contributed by atoms with van der Waals surface area (Å²) in [6.07, 6.45) is 0. The van der Waals surface area contributed by atoms with E-state index < -0.39 is 0 Å². The normalized spacial score (nSPS) is 11.5. The minimum atomic E-state index is 0.521. The van der Waals surface area contributed by atoms with E-state index >= 15 is 0 Å². The van der Waals surface area contributed by atoms with Gasteiger partial charge in [-0.3, -0.25) is 0 Å². The van der Waals surface area contributed by atoms with Gasteiger partial charge in [0.05, 0.1) is 57.9 Å². The van der Waals surface area contributed by atoms with Crippen molar-refractivity contribution in [1.82, 2.24) is 13.7 Å². The molecule has 3 heterocycles. The molecule has 3 aromatic heterocycles. The second kappa shape index (κ2) is 12.3. The fourth-order valence-corrected chi connectivity index (χ4v) is 8.76. The summed E-state index contributed by atoms with van der Waals surface area (Å²) in [6, 6.07) is 60.6. The van der Waals surface area contributed by atoms with Crippen molar-refractivity contribution in [2.75, 3.05) is 0 Å². The van der Waals surface area contributed by atoms with Crippen LogP contribution in [0.15, 0.2) is 170 Å². The van der Waals surface area contributed by atoms with E-state index in [1.165, 1.54) is 32.6 Å². The molecule has 0 aliphatic carbocycles. The Kier molecular flexibility index (Phi) is 6.95. The van der Waals surface area contributed by atoms with Gasteiger partial charge in [-0.15, -0.1) is 0 Å². The van der Waals surface area contributed by atoms with Gasteiger partial charge >= 0.3 is 0 Å². The second-order valence-electron chi connectivity index (χ2n) is 14.3. The van der Waals surface area contributed by atoms with Crippen LogP contribution in [0.5, 0.6) is 0 Å². The molecule has 262 valence electrons. The molecule has 57 heavy (non-hydrogen) atoms. The van der Waals surface area contributed by atoms with Crippen LogP contribution in [0.3, 0.4) is 0 Å². The van der Waals surface area contributed by atoms with Gasteiger partial charge in [-0.25, -0.2) is 9.69 Å². The number of fused-ring (bicyclic) bond motifs is 9. The van der Waals surface area contributed by atoms with E-state index in [0.717, 1.165) is 61.0 Å². The molecule has 0 aliphatic rings. The van der Waals surface area contributed by atoms with Crippen LogP contribution in [-0.4, -0.2) is 13.7 Å². The minimum Gasteiger partial charge on any atom is -0.311 e. The maximum absolute atomic E-state index is 9.69. The van der Waals surface area contributed by atoms with Crippen molar-refractivity contribution in [3.05, 3.63) is 198 Å². The Morgan fingerprint density at radius 2 is 0.895 bits per heavy atom. The Balaban J connectivity index is 1.07. The van der Waals surface area contributed by atoms with E-state index in [2.05, 4.69) is 151 Å². The first-order valence-electron chi connectivity index (χ1n) is 18.6. The molecule has 0 bridgehead atoms. The number of benzene rings is 8. The summed E-state index contributed by atoms with van der Waals surface area (Å²) in [7, 11) is 0. The van der Waals surface area contributed by atoms with Crippen LogP contribution < -0.4 is 0 Å². The van der Waals surface area contributed by atoms with Gasteiger partial charge in [0.1, 0.15) is 0 Å². The van der Waals surface area contributed by atoms with E-state index in [9.17, 15) is 5.26 Å². The van der Waals surface area contributed by atoms with Crippen LogP contribution in [-0.2, 0) is 0 Å². The van der Waals surface area contributed by atoms with E-state index in [4.69, 9.17) is 13.1 Å². The molecule has 8 aromatic carbocycles. The predicted molar refractivity (Wildman–Crippen MR) is 232 cm³/mol. The molecule has 0 spiro atoms. The van der Waals surface area contributed by atoms with Gasteiger partial charge in [-0.05, 0) is 108 Å². The van der Waals surface area contributed by atoms with Crippen LogP contribution in [0.2, 0.25) is 0 Å². The van der Waals surface area contributed by atoms with Gasteiger partial charge in [0.15, 0.2) is 11.4 Å². The van der Waals surface area contributed by atoms with Gasteiger partial charge in [-0.2, -0.15) is 5.26 Å². The first-order chi connectivity index (χ1) is 28.1. The molecule has 0 atom stereocenters. The number of aromatic nitrogens is 3. The highest BCUT2D eigenvalue weighted by atomic mass is 15.0. The van der Waals surface area contributed by atoms with E-state index in [1.54, 1.807) is 0 Å². The third-order valence-corrected chi connectivity index (χ3v) is 11.3. The number of rotatable bonds is 4. The lowest BCUT2D eigenvalue weighted by atomic mass is 10.0. The van der Waals surface area contributed by atoms with Crippen molar-refractivity contribution in [3.63, 3.8) is 0 Å². The molecular weight excluding hydrogens is 697 g/mol. The van der Waals surface area contributed by atoms with Crippen LogP contribution >= 0.6 is 0 Å². The quantitative estimate of drug-likeness (QED) is 0.167. The number of para-hydroxylation sites is 3. The fraction of sp³-hybridized carbons (Fsp3) is 0. The summed E-state index contributed by atoms with van der Waals surface area (Å²) in [6.45, 7) is 15.7. The molecule has 11 rings (SSSR count). The van der Waals surface area contributed by atoms with Gasteiger partial charge in [0.25, 0.3) is 0 Å². The van der Waals surface area contributed by atoms with Crippen molar-refractivity contribution >= 4 is 76.8 Å². The Labute approximate surface area is 327 Å². The summed E-state index contributed by atoms with van der Waals surface area (Å²) < 4.78 is 6.83. The third-order valence-electron chi connectivity index (χ3n) is 11.3. The Bertz CT molecular complexity index is 3490. The molecule has 11 aromatic rings. The smallest absolute Gasteiger partial charge is 0.189 e. The largest absolute Gasteiger partial charge is 0.311 e. The average Bonchev–Trinajstić information content (AvgIpc) is 3.91. The Hall–Kier alpha value is -8.37. The lowest BCUT2D eigenvalue weighted by molar-refractivity contribution is 1.15. The topological polar surface area (TPSA) is 47.3 Å². The van der Waals surface area contributed by atoms with Crippen molar-refractivity contribution in [3.8, 4) is 34.3 Å². The Morgan fingerprint density at radius 1 is 0.368 bits per heavy atom. The van der Waals surface area contributed by atoms with E-state index in [1.807, 2.05) is 48.5 Å². The minimum absolute atomic E-state index is 0.521. The van der Waals surface area contributed by atoms with Gasteiger partial charge in [-0.1, -0.05) is 78.9 Å². The molecule has 0 N–H and O–H groups in total. The summed E-state index contributed by atoms with van der Waals surface area (Å²) in [5.41, 5.74) is 12.9. The van der Waals surface area contributed by atoms with E-state index in [-0.39, 0.29) is 0 Å². The number of nitriles is 1. The van der Waals surface area contributed by atoms with Gasteiger partial charge in [0.2, 0.25) is 0 Å². The zero-order valence-electron chi connectivity index (χ0n) is 30.3. The summed E-state index contributed by atoms with van der Waals surface area (Å²) in [5, 5.41) is 16.3. The van der Waals surface area contributed by atoms with E-state index in [0.29, 0.717) is 16.9 Å². The molecule has 0 amide bonds. The van der Waals surface area contributed by atoms with Crippen LogP contribution in [0.25, 0.3) is 103 Å². The fourth-order valence-electron chi connectivity index (χ4n) is 8.76. The summed E-state index contributed by atoms with van der Waals surface area (Å²) in [4.78, 5) is 7.55. The zero-order valence-corrected chi connectivity index (χ0v) is 30.3. The molecule has 0 radical (unpaired) electrons. The van der Waals surface area contributed by atoms with Crippen LogP contribution in [0.1, 0.15) is 5.56 Å².